The minimum atomic E-state index is 0.491. The highest BCUT2D eigenvalue weighted by atomic mass is 16.5. The number of aromatic nitrogens is 4. The Balaban J connectivity index is 1.60. The zero-order chi connectivity index (χ0) is 17.1. The molecule has 0 fully saturated rings. The van der Waals surface area contributed by atoms with Gasteiger partial charge in [-0.1, -0.05) is 17.3 Å². The van der Waals surface area contributed by atoms with Gasteiger partial charge in [-0.2, -0.15) is 4.98 Å². The van der Waals surface area contributed by atoms with Crippen LogP contribution in [0.25, 0.3) is 23.0 Å². The molecule has 0 saturated carbocycles. The van der Waals surface area contributed by atoms with Crippen molar-refractivity contribution in [3.05, 3.63) is 72.7 Å². The van der Waals surface area contributed by atoms with Gasteiger partial charge in [0.05, 0.1) is 7.11 Å². The number of benzene rings is 1. The van der Waals surface area contributed by atoms with Crippen LogP contribution in [0.5, 0.6) is 5.75 Å². The van der Waals surface area contributed by atoms with Crippen molar-refractivity contribution in [2.45, 2.75) is 6.54 Å². The Hall–Kier alpha value is -3.41. The lowest BCUT2D eigenvalue weighted by atomic mass is 10.2. The van der Waals surface area contributed by atoms with Crippen molar-refractivity contribution in [2.24, 2.45) is 0 Å². The number of hydrogen-bond donors (Lipinski definition) is 0. The molecule has 0 saturated heterocycles. The molecule has 25 heavy (non-hydrogen) atoms. The summed E-state index contributed by atoms with van der Waals surface area (Å²) in [5, 5.41) is 4.07. The molecule has 0 bridgehead atoms. The van der Waals surface area contributed by atoms with E-state index in [1.807, 2.05) is 54.7 Å². The van der Waals surface area contributed by atoms with Gasteiger partial charge in [0, 0.05) is 30.7 Å². The van der Waals surface area contributed by atoms with Crippen molar-refractivity contribution in [3.63, 3.8) is 0 Å². The Morgan fingerprint density at radius 3 is 2.60 bits per heavy atom. The Bertz CT molecular complexity index is 959. The predicted molar refractivity (Wildman–Crippen MR) is 93.1 cm³/mol. The van der Waals surface area contributed by atoms with Crippen molar-refractivity contribution in [2.75, 3.05) is 7.11 Å². The Labute approximate surface area is 144 Å². The van der Waals surface area contributed by atoms with Crippen LogP contribution in [-0.2, 0) is 6.54 Å². The molecule has 0 N–H and O–H groups in total. The first-order valence-corrected chi connectivity index (χ1v) is 7.86. The Morgan fingerprint density at radius 2 is 1.84 bits per heavy atom. The maximum atomic E-state index is 5.46. The molecule has 0 atom stereocenters. The van der Waals surface area contributed by atoms with Gasteiger partial charge in [-0.3, -0.25) is 4.98 Å². The molecule has 124 valence electrons. The van der Waals surface area contributed by atoms with E-state index in [0.717, 1.165) is 22.6 Å². The Kier molecular flexibility index (Phi) is 4.00. The van der Waals surface area contributed by atoms with Crippen molar-refractivity contribution in [1.82, 2.24) is 19.7 Å². The first kappa shape index (κ1) is 15.1. The molecule has 0 radical (unpaired) electrons. The van der Waals surface area contributed by atoms with Gasteiger partial charge in [-0.15, -0.1) is 0 Å². The van der Waals surface area contributed by atoms with E-state index < -0.39 is 0 Å². The summed E-state index contributed by atoms with van der Waals surface area (Å²) in [5.41, 5.74) is 2.91. The van der Waals surface area contributed by atoms with E-state index in [4.69, 9.17) is 9.26 Å². The molecule has 0 amide bonds. The van der Waals surface area contributed by atoms with Crippen LogP contribution in [-0.4, -0.2) is 26.8 Å². The number of nitrogens with zero attached hydrogens (tertiary/aromatic N) is 4. The van der Waals surface area contributed by atoms with Gasteiger partial charge in [-0.25, -0.2) is 0 Å². The Morgan fingerprint density at radius 1 is 1.04 bits per heavy atom. The highest BCUT2D eigenvalue weighted by Crippen LogP contribution is 2.23. The summed E-state index contributed by atoms with van der Waals surface area (Å²) in [6, 6.07) is 15.6. The summed E-state index contributed by atoms with van der Waals surface area (Å²) in [6.07, 6.45) is 5.41. The van der Waals surface area contributed by atoms with E-state index in [1.54, 1.807) is 19.5 Å². The predicted octanol–water partition coefficient (Wildman–Crippen LogP) is 3.66. The molecule has 4 aromatic rings. The summed E-state index contributed by atoms with van der Waals surface area (Å²) in [7, 11) is 1.66. The lowest BCUT2D eigenvalue weighted by molar-refractivity contribution is 0.414. The first-order chi connectivity index (χ1) is 12.3. The second-order valence-corrected chi connectivity index (χ2v) is 5.53. The van der Waals surface area contributed by atoms with E-state index >= 15 is 0 Å². The third-order valence-electron chi connectivity index (χ3n) is 3.93. The number of rotatable bonds is 5. The summed E-state index contributed by atoms with van der Waals surface area (Å²) < 4.78 is 12.7. The van der Waals surface area contributed by atoms with E-state index in [9.17, 15) is 0 Å². The highest BCUT2D eigenvalue weighted by Gasteiger charge is 2.14. The van der Waals surface area contributed by atoms with Gasteiger partial charge in [-0.05, 0) is 42.0 Å². The molecule has 1 aromatic carbocycles. The SMILES string of the molecule is COc1ccc(Cn2cccc2-c2nc(-c3ccncc3)no2)cc1. The van der Waals surface area contributed by atoms with Gasteiger partial charge < -0.3 is 13.8 Å². The lowest BCUT2D eigenvalue weighted by Crippen LogP contribution is -2.00. The number of ether oxygens (including phenoxy) is 1. The third-order valence-corrected chi connectivity index (χ3v) is 3.93. The average Bonchev–Trinajstić information content (AvgIpc) is 3.32. The molecule has 0 aliphatic heterocycles. The summed E-state index contributed by atoms with van der Waals surface area (Å²) >= 11 is 0. The zero-order valence-corrected chi connectivity index (χ0v) is 13.7. The van der Waals surface area contributed by atoms with Crippen LogP contribution in [0.15, 0.2) is 71.6 Å². The maximum Gasteiger partial charge on any atom is 0.274 e. The van der Waals surface area contributed by atoms with Gasteiger partial charge in [0.1, 0.15) is 11.4 Å². The molecule has 0 aliphatic carbocycles. The van der Waals surface area contributed by atoms with E-state index in [-0.39, 0.29) is 0 Å². The summed E-state index contributed by atoms with van der Waals surface area (Å²) in [5.74, 6) is 1.88. The first-order valence-electron chi connectivity index (χ1n) is 7.86. The van der Waals surface area contributed by atoms with Crippen LogP contribution >= 0.6 is 0 Å². The third kappa shape index (κ3) is 3.14. The van der Waals surface area contributed by atoms with Crippen LogP contribution in [0.3, 0.4) is 0 Å². The van der Waals surface area contributed by atoms with Gasteiger partial charge >= 0.3 is 0 Å². The molecule has 3 heterocycles. The standard InChI is InChI=1S/C19H16N4O2/c1-24-16-6-4-14(5-7-16)13-23-12-2-3-17(23)19-21-18(22-25-19)15-8-10-20-11-9-15/h2-12H,13H2,1H3. The topological polar surface area (TPSA) is 66.0 Å². The molecular formula is C19H16N4O2. The average molecular weight is 332 g/mol. The number of hydrogen-bond acceptors (Lipinski definition) is 5. The smallest absolute Gasteiger partial charge is 0.274 e. The monoisotopic (exact) mass is 332 g/mol. The van der Waals surface area contributed by atoms with Gasteiger partial charge in [0.15, 0.2) is 0 Å². The van der Waals surface area contributed by atoms with Crippen LogP contribution in [0.1, 0.15) is 5.56 Å². The molecule has 0 unspecified atom stereocenters. The fraction of sp³-hybridized carbons (Fsp3) is 0.105. The fourth-order valence-electron chi connectivity index (χ4n) is 2.62. The van der Waals surface area contributed by atoms with Crippen molar-refractivity contribution in [1.29, 1.82) is 0 Å². The van der Waals surface area contributed by atoms with E-state index in [2.05, 4.69) is 19.7 Å². The normalized spacial score (nSPS) is 10.8. The van der Waals surface area contributed by atoms with Gasteiger partial charge in [0.25, 0.3) is 5.89 Å². The van der Waals surface area contributed by atoms with Crippen molar-refractivity contribution >= 4 is 0 Å². The minimum absolute atomic E-state index is 0.491. The fourth-order valence-corrected chi connectivity index (χ4v) is 2.62. The van der Waals surface area contributed by atoms with Crippen LogP contribution in [0.2, 0.25) is 0 Å². The van der Waals surface area contributed by atoms with Crippen molar-refractivity contribution in [3.8, 4) is 28.7 Å². The minimum Gasteiger partial charge on any atom is -0.497 e. The second-order valence-electron chi connectivity index (χ2n) is 5.53. The largest absolute Gasteiger partial charge is 0.497 e. The second kappa shape index (κ2) is 6.60. The molecule has 3 aromatic heterocycles. The zero-order valence-electron chi connectivity index (χ0n) is 13.7. The molecule has 0 spiro atoms. The van der Waals surface area contributed by atoms with E-state index in [0.29, 0.717) is 18.3 Å². The number of pyridine rings is 1. The van der Waals surface area contributed by atoms with Crippen LogP contribution in [0.4, 0.5) is 0 Å². The lowest BCUT2D eigenvalue weighted by Gasteiger charge is -2.07. The molecule has 4 rings (SSSR count). The summed E-state index contributed by atoms with van der Waals surface area (Å²) in [6.45, 7) is 0.708. The molecule has 6 heteroatoms. The quantitative estimate of drug-likeness (QED) is 0.558. The van der Waals surface area contributed by atoms with Crippen LogP contribution in [0, 0.1) is 0 Å². The summed E-state index contributed by atoms with van der Waals surface area (Å²) in [4.78, 5) is 8.51. The van der Waals surface area contributed by atoms with Crippen LogP contribution < -0.4 is 4.74 Å². The molecular weight excluding hydrogens is 316 g/mol. The molecule has 0 aliphatic rings. The maximum absolute atomic E-state index is 5.46. The highest BCUT2D eigenvalue weighted by molar-refractivity contribution is 5.57. The number of methoxy groups -OCH3 is 1. The van der Waals surface area contributed by atoms with Crippen molar-refractivity contribution < 1.29 is 9.26 Å². The van der Waals surface area contributed by atoms with Gasteiger partial charge in [0.2, 0.25) is 5.82 Å². The molecule has 6 nitrogen and oxygen atoms in total. The van der Waals surface area contributed by atoms with E-state index in [1.165, 1.54) is 0 Å².